The van der Waals surface area contributed by atoms with Crippen LogP contribution in [0.1, 0.15) is 73.5 Å². The molecule has 1 saturated heterocycles. The lowest BCUT2D eigenvalue weighted by Gasteiger charge is -2.27. The van der Waals surface area contributed by atoms with Crippen molar-refractivity contribution in [3.8, 4) is 5.75 Å². The number of anilines is 3. The van der Waals surface area contributed by atoms with Gasteiger partial charge in [-0.05, 0) is 37.0 Å². The van der Waals surface area contributed by atoms with Crippen LogP contribution < -0.4 is 21.8 Å². The third-order valence-corrected chi connectivity index (χ3v) is 7.82. The van der Waals surface area contributed by atoms with Gasteiger partial charge in [0.1, 0.15) is 11.4 Å². The van der Waals surface area contributed by atoms with Gasteiger partial charge in [-0.2, -0.15) is 0 Å². The molecular formula is C30H37N5O5. The number of hydrogen-bond donors (Lipinski definition) is 4. The fourth-order valence-corrected chi connectivity index (χ4v) is 5.58. The molecular weight excluding hydrogens is 510 g/mol. The van der Waals surface area contributed by atoms with Crippen LogP contribution in [-0.4, -0.2) is 52.0 Å². The van der Waals surface area contributed by atoms with Gasteiger partial charge in [0.05, 0.1) is 36.5 Å². The molecule has 0 radical (unpaired) electrons. The fourth-order valence-electron chi connectivity index (χ4n) is 5.58. The van der Waals surface area contributed by atoms with Crippen molar-refractivity contribution in [2.45, 2.75) is 57.5 Å². The van der Waals surface area contributed by atoms with Gasteiger partial charge < -0.3 is 25.4 Å². The summed E-state index contributed by atoms with van der Waals surface area (Å²) in [4.78, 5) is 42.3. The van der Waals surface area contributed by atoms with Crippen LogP contribution in [0.2, 0.25) is 0 Å². The first-order valence-electron chi connectivity index (χ1n) is 14.1. The Hall–Kier alpha value is -4.05. The summed E-state index contributed by atoms with van der Waals surface area (Å²) in [6.45, 7) is 3.74. The SMILES string of the molecule is CC[C@@H](Nc1c(Nc2cccc(C(=O)N3CCOCC3)c2O)c(=O)n(C2CCCCC2)[nH]c1=O)c1ccccc1. The Kier molecular flexibility index (Phi) is 8.54. The third kappa shape index (κ3) is 5.77. The minimum absolute atomic E-state index is 0.0370. The number of morpholine rings is 1. The molecule has 2 aliphatic rings. The van der Waals surface area contributed by atoms with E-state index in [2.05, 4.69) is 15.7 Å². The number of para-hydroxylation sites is 1. The number of rotatable bonds is 8. The molecule has 0 spiro atoms. The van der Waals surface area contributed by atoms with Gasteiger partial charge in [0.25, 0.3) is 17.0 Å². The number of nitrogens with one attached hydrogen (secondary N) is 3. The number of nitrogens with zero attached hydrogens (tertiary/aromatic N) is 2. The van der Waals surface area contributed by atoms with E-state index < -0.39 is 5.56 Å². The van der Waals surface area contributed by atoms with E-state index in [1.165, 1.54) is 4.68 Å². The molecule has 1 aliphatic heterocycles. The maximum atomic E-state index is 13.9. The van der Waals surface area contributed by atoms with Crippen LogP contribution in [-0.2, 0) is 4.74 Å². The van der Waals surface area contributed by atoms with Crippen molar-refractivity contribution < 1.29 is 14.6 Å². The fraction of sp³-hybridized carbons (Fsp3) is 0.433. The largest absolute Gasteiger partial charge is 0.505 e. The monoisotopic (exact) mass is 547 g/mol. The van der Waals surface area contributed by atoms with Gasteiger partial charge in [0, 0.05) is 13.1 Å². The number of phenols is 1. The molecule has 40 heavy (non-hydrogen) atoms. The Morgan fingerprint density at radius 1 is 1.02 bits per heavy atom. The highest BCUT2D eigenvalue weighted by Gasteiger charge is 2.26. The van der Waals surface area contributed by atoms with Gasteiger partial charge in [0.15, 0.2) is 5.75 Å². The number of carbonyl (C=O) groups is 1. The van der Waals surface area contributed by atoms with Gasteiger partial charge in [0.2, 0.25) is 0 Å². The summed E-state index contributed by atoms with van der Waals surface area (Å²) in [7, 11) is 0. The number of hydrogen-bond acceptors (Lipinski definition) is 7. The van der Waals surface area contributed by atoms with Crippen molar-refractivity contribution in [2.75, 3.05) is 36.9 Å². The van der Waals surface area contributed by atoms with Crippen molar-refractivity contribution in [1.29, 1.82) is 0 Å². The van der Waals surface area contributed by atoms with E-state index in [0.717, 1.165) is 37.7 Å². The number of aromatic hydroxyl groups is 1. The lowest BCUT2D eigenvalue weighted by Crippen LogP contribution is -2.40. The molecule has 5 rings (SSSR count). The molecule has 212 valence electrons. The molecule has 2 aromatic carbocycles. The molecule has 2 heterocycles. The number of carbonyl (C=O) groups excluding carboxylic acids is 1. The summed E-state index contributed by atoms with van der Waals surface area (Å²) >= 11 is 0. The lowest BCUT2D eigenvalue weighted by molar-refractivity contribution is 0.0301. The van der Waals surface area contributed by atoms with E-state index in [4.69, 9.17) is 4.74 Å². The Morgan fingerprint density at radius 2 is 1.75 bits per heavy atom. The zero-order valence-corrected chi connectivity index (χ0v) is 22.8. The molecule has 1 amide bonds. The van der Waals surface area contributed by atoms with Crippen LogP contribution >= 0.6 is 0 Å². The van der Waals surface area contributed by atoms with E-state index in [1.54, 1.807) is 23.1 Å². The van der Waals surface area contributed by atoms with E-state index in [-0.39, 0.29) is 51.9 Å². The highest BCUT2D eigenvalue weighted by Crippen LogP contribution is 2.34. The predicted octanol–water partition coefficient (Wildman–Crippen LogP) is 4.53. The van der Waals surface area contributed by atoms with Crippen LogP contribution in [0, 0.1) is 0 Å². The number of phenolic OH excluding ortho intramolecular Hbond substituents is 1. The number of benzene rings is 2. The highest BCUT2D eigenvalue weighted by molar-refractivity contribution is 5.99. The predicted molar refractivity (Wildman–Crippen MR) is 155 cm³/mol. The van der Waals surface area contributed by atoms with Crippen LogP contribution in [0.15, 0.2) is 58.1 Å². The average Bonchev–Trinajstić information content (AvgIpc) is 3.00. The minimum Gasteiger partial charge on any atom is -0.505 e. The molecule has 10 heteroatoms. The van der Waals surface area contributed by atoms with E-state index in [1.807, 2.05) is 37.3 Å². The molecule has 1 aromatic heterocycles. The molecule has 1 saturated carbocycles. The maximum absolute atomic E-state index is 13.9. The second-order valence-electron chi connectivity index (χ2n) is 10.4. The summed E-state index contributed by atoms with van der Waals surface area (Å²) in [5, 5.41) is 20.3. The zero-order valence-electron chi connectivity index (χ0n) is 22.8. The summed E-state index contributed by atoms with van der Waals surface area (Å²) in [5.74, 6) is -0.590. The number of ether oxygens (including phenoxy) is 1. The second-order valence-corrected chi connectivity index (χ2v) is 10.4. The van der Waals surface area contributed by atoms with Crippen molar-refractivity contribution >= 4 is 23.0 Å². The van der Waals surface area contributed by atoms with Crippen LogP contribution in [0.3, 0.4) is 0 Å². The first-order chi connectivity index (χ1) is 19.5. The summed E-state index contributed by atoms with van der Waals surface area (Å²) in [6, 6.07) is 14.2. The van der Waals surface area contributed by atoms with E-state index in [0.29, 0.717) is 32.7 Å². The molecule has 0 unspecified atom stereocenters. The Bertz CT molecular complexity index is 1440. The summed E-state index contributed by atoms with van der Waals surface area (Å²) in [6.07, 6.45) is 5.36. The van der Waals surface area contributed by atoms with Crippen LogP contribution in [0.25, 0.3) is 0 Å². The second kappa shape index (κ2) is 12.4. The Balaban J connectivity index is 1.56. The van der Waals surface area contributed by atoms with Crippen molar-refractivity contribution in [2.24, 2.45) is 0 Å². The lowest BCUT2D eigenvalue weighted by atomic mass is 9.95. The van der Waals surface area contributed by atoms with Crippen molar-refractivity contribution in [3.05, 3.63) is 80.4 Å². The molecule has 3 aromatic rings. The molecule has 0 bridgehead atoms. The number of amides is 1. The Labute approximate surface area is 233 Å². The smallest absolute Gasteiger partial charge is 0.291 e. The van der Waals surface area contributed by atoms with E-state index >= 15 is 0 Å². The van der Waals surface area contributed by atoms with Crippen LogP contribution in [0.4, 0.5) is 17.1 Å². The zero-order chi connectivity index (χ0) is 28.1. The summed E-state index contributed by atoms with van der Waals surface area (Å²) < 4.78 is 6.77. The highest BCUT2D eigenvalue weighted by atomic mass is 16.5. The normalized spacial score (nSPS) is 16.9. The van der Waals surface area contributed by atoms with Gasteiger partial charge in [-0.1, -0.05) is 62.6 Å². The molecule has 1 atom stereocenters. The molecule has 2 fully saturated rings. The summed E-state index contributed by atoms with van der Waals surface area (Å²) in [5.41, 5.74) is 0.588. The van der Waals surface area contributed by atoms with Gasteiger partial charge in [-0.15, -0.1) is 0 Å². The first kappa shape index (κ1) is 27.5. The average molecular weight is 548 g/mol. The quantitative estimate of drug-likeness (QED) is 0.305. The molecule has 10 nitrogen and oxygen atoms in total. The van der Waals surface area contributed by atoms with Crippen LogP contribution in [0.5, 0.6) is 5.75 Å². The Morgan fingerprint density at radius 3 is 2.45 bits per heavy atom. The molecule has 1 aliphatic carbocycles. The number of aromatic nitrogens is 2. The minimum atomic E-state index is -0.429. The first-order valence-corrected chi connectivity index (χ1v) is 14.1. The van der Waals surface area contributed by atoms with Crippen molar-refractivity contribution in [3.63, 3.8) is 0 Å². The van der Waals surface area contributed by atoms with E-state index in [9.17, 15) is 19.5 Å². The number of H-pyrrole nitrogens is 1. The van der Waals surface area contributed by atoms with Gasteiger partial charge >= 0.3 is 0 Å². The van der Waals surface area contributed by atoms with Gasteiger partial charge in [-0.25, -0.2) is 4.68 Å². The topological polar surface area (TPSA) is 129 Å². The maximum Gasteiger partial charge on any atom is 0.291 e. The van der Waals surface area contributed by atoms with Gasteiger partial charge in [-0.3, -0.25) is 19.5 Å². The third-order valence-electron chi connectivity index (χ3n) is 7.82. The molecule has 4 N–H and O–H groups in total. The standard InChI is InChI=1S/C30H37N5O5/c1-2-23(20-10-5-3-6-11-20)31-25-26(30(39)35(33-28(25)37)21-12-7-4-8-13-21)32-24-15-9-14-22(27(24)36)29(38)34-16-18-40-19-17-34/h3,5-6,9-11,14-15,21,23,31-32,36H,2,4,7-8,12-13,16-19H2,1H3,(H,33,37)/t23-/m1/s1. The van der Waals surface area contributed by atoms with Crippen molar-refractivity contribution in [1.82, 2.24) is 14.7 Å². The number of aromatic amines is 1.